The number of hydrogen-bond acceptors (Lipinski definition) is 6. The van der Waals surface area contributed by atoms with Crippen LogP contribution in [0.1, 0.15) is 18.4 Å². The third-order valence-electron chi connectivity index (χ3n) is 4.03. The summed E-state index contributed by atoms with van der Waals surface area (Å²) in [6.45, 7) is 2.96. The zero-order chi connectivity index (χ0) is 17.1. The number of nitro benzene ring substituents is 1. The minimum absolute atomic E-state index is 0.0196. The molecule has 1 unspecified atom stereocenters. The van der Waals surface area contributed by atoms with E-state index >= 15 is 0 Å². The molecule has 1 heterocycles. The highest BCUT2D eigenvalue weighted by atomic mass is 32.2. The molecule has 1 atom stereocenters. The van der Waals surface area contributed by atoms with Gasteiger partial charge in [-0.3, -0.25) is 10.1 Å². The molecule has 0 spiro atoms. The molecule has 0 amide bonds. The fourth-order valence-electron chi connectivity index (χ4n) is 2.79. The van der Waals surface area contributed by atoms with Crippen LogP contribution in [-0.2, 0) is 14.8 Å². The number of nitrogens with one attached hydrogen (secondary N) is 2. The van der Waals surface area contributed by atoms with E-state index in [1.165, 1.54) is 25.1 Å². The van der Waals surface area contributed by atoms with Crippen LogP contribution < -0.4 is 10.0 Å². The summed E-state index contributed by atoms with van der Waals surface area (Å²) in [5, 5.41) is 14.1. The molecule has 2 N–H and O–H groups in total. The molecule has 0 saturated carbocycles. The molecule has 1 aromatic rings. The number of nitro groups is 1. The lowest BCUT2D eigenvalue weighted by Crippen LogP contribution is -2.52. The molecule has 0 bridgehead atoms. The fraction of sp³-hybridized carbons (Fsp3) is 0.571. The van der Waals surface area contributed by atoms with Gasteiger partial charge in [0.1, 0.15) is 0 Å². The normalized spacial score (nSPS) is 21.5. The van der Waals surface area contributed by atoms with Crippen molar-refractivity contribution in [3.8, 4) is 0 Å². The number of rotatable bonds is 7. The van der Waals surface area contributed by atoms with E-state index in [-0.39, 0.29) is 17.1 Å². The first-order valence-corrected chi connectivity index (χ1v) is 8.77. The van der Waals surface area contributed by atoms with Gasteiger partial charge in [-0.25, -0.2) is 13.1 Å². The van der Waals surface area contributed by atoms with E-state index in [1.54, 1.807) is 7.11 Å². The maximum Gasteiger partial charge on any atom is 0.272 e. The molecule has 8 nitrogen and oxygen atoms in total. The number of nitrogens with zero attached hydrogens (tertiary/aromatic N) is 1. The fourth-order valence-corrected chi connectivity index (χ4v) is 4.00. The molecule has 128 valence electrons. The van der Waals surface area contributed by atoms with Crippen LogP contribution in [0, 0.1) is 17.0 Å². The molecule has 9 heteroatoms. The van der Waals surface area contributed by atoms with Crippen molar-refractivity contribution in [3.63, 3.8) is 0 Å². The Morgan fingerprint density at radius 2 is 2.22 bits per heavy atom. The Bertz CT molecular complexity index is 684. The number of methoxy groups -OCH3 is 1. The van der Waals surface area contributed by atoms with Crippen LogP contribution in [-0.4, -0.2) is 45.7 Å². The van der Waals surface area contributed by atoms with Crippen molar-refractivity contribution in [3.05, 3.63) is 33.9 Å². The van der Waals surface area contributed by atoms with E-state index < -0.39 is 20.5 Å². The molecular weight excluding hydrogens is 322 g/mol. The Balaban J connectivity index is 2.15. The number of sulfonamides is 1. The van der Waals surface area contributed by atoms with Crippen LogP contribution >= 0.6 is 0 Å². The number of ether oxygens (including phenoxy) is 1. The molecular formula is C14H21N3O5S. The van der Waals surface area contributed by atoms with Gasteiger partial charge in [0.05, 0.1) is 22.0 Å². The van der Waals surface area contributed by atoms with E-state index in [2.05, 4.69) is 10.0 Å². The van der Waals surface area contributed by atoms with E-state index in [0.29, 0.717) is 12.2 Å². The Morgan fingerprint density at radius 3 is 2.74 bits per heavy atom. The van der Waals surface area contributed by atoms with Gasteiger partial charge in [-0.1, -0.05) is 0 Å². The summed E-state index contributed by atoms with van der Waals surface area (Å²) in [5.41, 5.74) is -0.196. The van der Waals surface area contributed by atoms with Crippen molar-refractivity contribution in [2.24, 2.45) is 0 Å². The lowest BCUT2D eigenvalue weighted by atomic mass is 9.99. The van der Waals surface area contributed by atoms with Gasteiger partial charge in [-0.05, 0) is 38.4 Å². The minimum Gasteiger partial charge on any atom is -0.383 e. The van der Waals surface area contributed by atoms with E-state index in [0.717, 1.165) is 19.4 Å². The predicted molar refractivity (Wildman–Crippen MR) is 84.9 cm³/mol. The Labute approximate surface area is 135 Å². The predicted octanol–water partition coefficient (Wildman–Crippen LogP) is 0.950. The molecule has 0 aliphatic carbocycles. The van der Waals surface area contributed by atoms with E-state index in [4.69, 9.17) is 4.74 Å². The van der Waals surface area contributed by atoms with Crippen molar-refractivity contribution in [2.75, 3.05) is 26.8 Å². The van der Waals surface area contributed by atoms with Gasteiger partial charge in [-0.2, -0.15) is 0 Å². The minimum atomic E-state index is -3.74. The summed E-state index contributed by atoms with van der Waals surface area (Å²) in [6, 6.07) is 3.77. The van der Waals surface area contributed by atoms with Crippen LogP contribution in [0.4, 0.5) is 5.69 Å². The average molecular weight is 343 g/mol. The van der Waals surface area contributed by atoms with Crippen LogP contribution in [0.3, 0.4) is 0 Å². The number of benzene rings is 1. The van der Waals surface area contributed by atoms with E-state index in [9.17, 15) is 18.5 Å². The molecule has 1 aromatic carbocycles. The first-order valence-electron chi connectivity index (χ1n) is 7.28. The maximum absolute atomic E-state index is 12.4. The Kier molecular flexibility index (Phi) is 5.35. The molecule has 23 heavy (non-hydrogen) atoms. The molecule has 1 saturated heterocycles. The van der Waals surface area contributed by atoms with Crippen molar-refractivity contribution in [1.82, 2.24) is 10.0 Å². The summed E-state index contributed by atoms with van der Waals surface area (Å²) >= 11 is 0. The second-order valence-electron chi connectivity index (χ2n) is 5.77. The zero-order valence-corrected chi connectivity index (χ0v) is 14.0. The number of aryl methyl sites for hydroxylation is 1. The largest absolute Gasteiger partial charge is 0.383 e. The third-order valence-corrected chi connectivity index (χ3v) is 5.43. The third kappa shape index (κ3) is 4.05. The Hall–Kier alpha value is -1.55. The lowest BCUT2D eigenvalue weighted by Gasteiger charge is -2.28. The van der Waals surface area contributed by atoms with Gasteiger partial charge in [-0.15, -0.1) is 0 Å². The zero-order valence-electron chi connectivity index (χ0n) is 13.2. The maximum atomic E-state index is 12.4. The lowest BCUT2D eigenvalue weighted by molar-refractivity contribution is -0.385. The van der Waals surface area contributed by atoms with Gasteiger partial charge >= 0.3 is 0 Å². The molecule has 1 aliphatic heterocycles. The summed E-state index contributed by atoms with van der Waals surface area (Å²) in [7, 11) is -2.16. The molecule has 1 aliphatic rings. The number of hydrogen-bond donors (Lipinski definition) is 2. The van der Waals surface area contributed by atoms with Crippen LogP contribution in [0.2, 0.25) is 0 Å². The topological polar surface area (TPSA) is 111 Å². The summed E-state index contributed by atoms with van der Waals surface area (Å²) in [5.74, 6) is 0. The highest BCUT2D eigenvalue weighted by molar-refractivity contribution is 7.89. The SMILES string of the molecule is COCC1(CNS(=O)(=O)c2ccc([N+](=O)[O-])c(C)c2)CCCN1. The van der Waals surface area contributed by atoms with Crippen LogP contribution in [0.5, 0.6) is 0 Å². The van der Waals surface area contributed by atoms with Gasteiger partial charge in [0.25, 0.3) is 5.69 Å². The molecule has 2 rings (SSSR count). The van der Waals surface area contributed by atoms with E-state index in [1.807, 2.05) is 0 Å². The average Bonchev–Trinajstić information content (AvgIpc) is 2.94. The summed E-state index contributed by atoms with van der Waals surface area (Å²) in [4.78, 5) is 10.3. The smallest absolute Gasteiger partial charge is 0.272 e. The van der Waals surface area contributed by atoms with Gasteiger partial charge in [0.15, 0.2) is 0 Å². The van der Waals surface area contributed by atoms with Crippen molar-refractivity contribution in [2.45, 2.75) is 30.2 Å². The van der Waals surface area contributed by atoms with Gasteiger partial charge in [0, 0.05) is 25.3 Å². The first-order chi connectivity index (χ1) is 10.8. The quantitative estimate of drug-likeness (QED) is 0.563. The van der Waals surface area contributed by atoms with Gasteiger partial charge < -0.3 is 10.1 Å². The summed E-state index contributed by atoms with van der Waals surface area (Å²) in [6.07, 6.45) is 1.78. The van der Waals surface area contributed by atoms with Gasteiger partial charge in [0.2, 0.25) is 10.0 Å². The van der Waals surface area contributed by atoms with Crippen LogP contribution in [0.25, 0.3) is 0 Å². The Morgan fingerprint density at radius 1 is 1.48 bits per heavy atom. The molecule has 0 aromatic heterocycles. The van der Waals surface area contributed by atoms with Crippen LogP contribution in [0.15, 0.2) is 23.1 Å². The van der Waals surface area contributed by atoms with Crippen molar-refractivity contribution < 1.29 is 18.1 Å². The highest BCUT2D eigenvalue weighted by Gasteiger charge is 2.35. The monoisotopic (exact) mass is 343 g/mol. The second kappa shape index (κ2) is 6.91. The highest BCUT2D eigenvalue weighted by Crippen LogP contribution is 2.23. The first kappa shape index (κ1) is 17.8. The summed E-state index contributed by atoms with van der Waals surface area (Å²) < 4.78 is 32.6. The molecule has 0 radical (unpaired) electrons. The molecule has 1 fully saturated rings. The second-order valence-corrected chi connectivity index (χ2v) is 7.54. The van der Waals surface area contributed by atoms with Crippen molar-refractivity contribution in [1.29, 1.82) is 0 Å². The van der Waals surface area contributed by atoms with Crippen molar-refractivity contribution >= 4 is 15.7 Å². The standard InChI is InChI=1S/C14H21N3O5S/c1-11-8-12(4-5-13(11)17(18)19)23(20,21)16-9-14(10-22-2)6-3-7-15-14/h4-5,8,15-16H,3,6-7,9-10H2,1-2H3.